The summed E-state index contributed by atoms with van der Waals surface area (Å²) in [4.78, 5) is 24.3. The van der Waals surface area contributed by atoms with Gasteiger partial charge in [-0.1, -0.05) is 146 Å². The van der Waals surface area contributed by atoms with Gasteiger partial charge >= 0.3 is 0 Å². The fraction of sp³-hybridized carbons (Fsp3) is 0. The summed E-state index contributed by atoms with van der Waals surface area (Å²) < 4.78 is 4.69. The fourth-order valence-electron chi connectivity index (χ4n) is 9.66. The lowest BCUT2D eigenvalue weighted by Crippen LogP contribution is -2.00. The van der Waals surface area contributed by atoms with Crippen LogP contribution in [0, 0.1) is 0 Å². The van der Waals surface area contributed by atoms with Crippen molar-refractivity contribution in [1.29, 1.82) is 0 Å². The lowest BCUT2D eigenvalue weighted by Gasteiger charge is -2.12. The molecule has 0 spiro atoms. The summed E-state index contributed by atoms with van der Waals surface area (Å²) in [6.45, 7) is 0. The van der Waals surface area contributed by atoms with Crippen LogP contribution in [0.25, 0.3) is 122 Å². The molecule has 0 saturated carbocycles. The predicted molar refractivity (Wildman–Crippen MR) is 269 cm³/mol. The first kappa shape index (κ1) is 37.5. The predicted octanol–water partition coefficient (Wildman–Crippen LogP) is 14.3. The molecule has 0 atom stereocenters. The zero-order chi connectivity index (χ0) is 43.6. The Bertz CT molecular complexity index is 3920. The van der Waals surface area contributed by atoms with E-state index in [1.54, 1.807) is 0 Å². The Morgan fingerprint density at radius 3 is 1.68 bits per heavy atom. The van der Waals surface area contributed by atoms with E-state index in [2.05, 4.69) is 154 Å². The molecule has 0 fully saturated rings. The zero-order valence-corrected chi connectivity index (χ0v) is 35.5. The molecule has 308 valence electrons. The molecule has 5 aromatic heterocycles. The van der Waals surface area contributed by atoms with Gasteiger partial charge in [0.15, 0.2) is 17.5 Å². The van der Waals surface area contributed by atoms with Crippen molar-refractivity contribution in [2.75, 3.05) is 0 Å². The van der Waals surface area contributed by atoms with Gasteiger partial charge in [-0.3, -0.25) is 9.97 Å². The molecule has 0 radical (unpaired) electrons. The van der Waals surface area contributed by atoms with Crippen LogP contribution in [-0.2, 0) is 0 Å². The molecular weight excluding hydrogens is 807 g/mol. The van der Waals surface area contributed by atoms with Crippen molar-refractivity contribution in [2.24, 2.45) is 0 Å². The highest BCUT2D eigenvalue weighted by Gasteiger charge is 2.20. The summed E-state index contributed by atoms with van der Waals surface area (Å²) in [5, 5.41) is 5.78. The van der Waals surface area contributed by atoms with Crippen LogP contribution < -0.4 is 0 Å². The summed E-state index contributed by atoms with van der Waals surface area (Å²) in [6, 6.07) is 72.4. The molecule has 0 aliphatic carbocycles. The van der Waals surface area contributed by atoms with Crippen molar-refractivity contribution in [3.8, 4) is 67.8 Å². The van der Waals surface area contributed by atoms with Crippen molar-refractivity contribution in [3.63, 3.8) is 0 Å². The third-order valence-electron chi connectivity index (χ3n) is 12.7. The largest absolute Gasteiger partial charge is 0.309 e. The number of hydrogen-bond donors (Lipinski definition) is 0. The molecule has 0 unspecified atom stereocenters. The van der Waals surface area contributed by atoms with Crippen LogP contribution in [-0.4, -0.2) is 34.1 Å². The standard InChI is InChI=1S/C59H37N7/c1-3-14-39(15-4-1)57-62-58(40-16-5-2-6-17-40)64-59(63-57)43-19-11-18-41(34-43)42-29-32-52-49(35-42)47-21-7-9-24-50(47)65(52)45-30-27-38(28-31-45)46-23-12-26-53-55(46)48-22-8-10-25-51(48)66(53)54-37-60-36-44-20-13-33-61-56(44)54/h1-37H. The Morgan fingerprint density at radius 1 is 0.348 bits per heavy atom. The minimum atomic E-state index is 0.632. The first-order valence-electron chi connectivity index (χ1n) is 22.1. The Hall–Kier alpha value is -9.07. The lowest BCUT2D eigenvalue weighted by atomic mass is 9.99. The van der Waals surface area contributed by atoms with Crippen LogP contribution in [0.1, 0.15) is 0 Å². The quantitative estimate of drug-likeness (QED) is 0.160. The summed E-state index contributed by atoms with van der Waals surface area (Å²) in [5.41, 5.74) is 14.9. The minimum Gasteiger partial charge on any atom is -0.309 e. The third kappa shape index (κ3) is 6.17. The van der Waals surface area contributed by atoms with Gasteiger partial charge in [-0.15, -0.1) is 0 Å². The van der Waals surface area contributed by atoms with E-state index in [0.717, 1.165) is 77.7 Å². The normalized spacial score (nSPS) is 11.6. The number of aromatic nitrogens is 7. The smallest absolute Gasteiger partial charge is 0.164 e. The molecular formula is C59H37N7. The van der Waals surface area contributed by atoms with Crippen molar-refractivity contribution in [3.05, 3.63) is 225 Å². The number of para-hydroxylation sites is 2. The number of pyridine rings is 2. The lowest BCUT2D eigenvalue weighted by molar-refractivity contribution is 1.07. The Morgan fingerprint density at radius 2 is 0.924 bits per heavy atom. The molecule has 0 amide bonds. The topological polar surface area (TPSA) is 74.3 Å². The van der Waals surface area contributed by atoms with Crippen LogP contribution in [0.2, 0.25) is 0 Å². The molecule has 0 aliphatic heterocycles. The van der Waals surface area contributed by atoms with Gasteiger partial charge in [0.2, 0.25) is 0 Å². The van der Waals surface area contributed by atoms with Crippen LogP contribution >= 0.6 is 0 Å². The van der Waals surface area contributed by atoms with E-state index < -0.39 is 0 Å². The van der Waals surface area contributed by atoms with Gasteiger partial charge in [0.25, 0.3) is 0 Å². The van der Waals surface area contributed by atoms with E-state index in [9.17, 15) is 0 Å². The number of nitrogens with zero attached hydrogens (tertiary/aromatic N) is 7. The number of fused-ring (bicyclic) bond motifs is 7. The van der Waals surface area contributed by atoms with Crippen LogP contribution in [0.3, 0.4) is 0 Å². The number of hydrogen-bond acceptors (Lipinski definition) is 5. The number of benzene rings is 8. The highest BCUT2D eigenvalue weighted by molar-refractivity contribution is 6.16. The highest BCUT2D eigenvalue weighted by atomic mass is 15.0. The average Bonchev–Trinajstić information content (AvgIpc) is 3.92. The summed E-state index contributed by atoms with van der Waals surface area (Å²) in [6.07, 6.45) is 5.66. The monoisotopic (exact) mass is 843 g/mol. The van der Waals surface area contributed by atoms with Gasteiger partial charge in [0.1, 0.15) is 0 Å². The average molecular weight is 844 g/mol. The van der Waals surface area contributed by atoms with Gasteiger partial charge in [0, 0.05) is 61.7 Å². The van der Waals surface area contributed by atoms with Gasteiger partial charge < -0.3 is 9.13 Å². The van der Waals surface area contributed by atoms with Crippen molar-refractivity contribution < 1.29 is 0 Å². The van der Waals surface area contributed by atoms with E-state index in [4.69, 9.17) is 19.9 Å². The van der Waals surface area contributed by atoms with E-state index in [1.165, 1.54) is 27.1 Å². The molecule has 0 aliphatic rings. The van der Waals surface area contributed by atoms with Crippen LogP contribution in [0.5, 0.6) is 0 Å². The summed E-state index contributed by atoms with van der Waals surface area (Å²) in [7, 11) is 0. The first-order chi connectivity index (χ1) is 32.7. The highest BCUT2D eigenvalue weighted by Crippen LogP contribution is 2.41. The second-order valence-electron chi connectivity index (χ2n) is 16.5. The SMILES string of the molecule is c1ccc(-c2nc(-c3ccccc3)nc(-c3cccc(-c4ccc5c(c4)c4ccccc4n5-c4ccc(-c5cccc6c5c5ccccc5n6-c5cncc6cccnc56)cc4)c3)n2)cc1. The molecule has 13 rings (SSSR count). The van der Waals surface area contributed by atoms with Gasteiger partial charge in [0.05, 0.1) is 39.5 Å². The number of rotatable bonds is 7. The van der Waals surface area contributed by atoms with Gasteiger partial charge in [-0.25, -0.2) is 15.0 Å². The zero-order valence-electron chi connectivity index (χ0n) is 35.5. The second-order valence-corrected chi connectivity index (χ2v) is 16.5. The Labute approximate surface area is 379 Å². The van der Waals surface area contributed by atoms with E-state index >= 15 is 0 Å². The molecule has 0 bridgehead atoms. The van der Waals surface area contributed by atoms with E-state index in [-0.39, 0.29) is 0 Å². The van der Waals surface area contributed by atoms with Gasteiger partial charge in [-0.05, 0) is 82.9 Å². The molecule has 5 heterocycles. The summed E-state index contributed by atoms with van der Waals surface area (Å²) >= 11 is 0. The van der Waals surface area contributed by atoms with Crippen LogP contribution in [0.15, 0.2) is 225 Å². The van der Waals surface area contributed by atoms with Crippen LogP contribution in [0.4, 0.5) is 0 Å². The maximum absolute atomic E-state index is 5.01. The summed E-state index contributed by atoms with van der Waals surface area (Å²) in [5.74, 6) is 1.92. The first-order valence-corrected chi connectivity index (χ1v) is 22.1. The van der Waals surface area contributed by atoms with Gasteiger partial charge in [-0.2, -0.15) is 0 Å². The molecule has 7 heteroatoms. The fourth-order valence-corrected chi connectivity index (χ4v) is 9.66. The molecule has 13 aromatic rings. The second kappa shape index (κ2) is 15.3. The molecule has 0 saturated heterocycles. The Kier molecular flexibility index (Phi) is 8.70. The maximum Gasteiger partial charge on any atom is 0.164 e. The minimum absolute atomic E-state index is 0.632. The maximum atomic E-state index is 5.01. The third-order valence-corrected chi connectivity index (χ3v) is 12.7. The van der Waals surface area contributed by atoms with E-state index in [1.807, 2.05) is 85.3 Å². The van der Waals surface area contributed by atoms with Crippen molar-refractivity contribution >= 4 is 54.5 Å². The van der Waals surface area contributed by atoms with Crippen molar-refractivity contribution in [2.45, 2.75) is 0 Å². The van der Waals surface area contributed by atoms with E-state index in [0.29, 0.717) is 17.5 Å². The van der Waals surface area contributed by atoms with Crippen molar-refractivity contribution in [1.82, 2.24) is 34.1 Å². The molecule has 7 nitrogen and oxygen atoms in total. The molecule has 0 N–H and O–H groups in total. The molecule has 66 heavy (non-hydrogen) atoms. The molecule has 8 aromatic carbocycles. The Balaban J connectivity index is 0.894.